The van der Waals surface area contributed by atoms with Crippen molar-refractivity contribution < 1.29 is 29.4 Å². The number of nitrogens with two attached hydrogens (primary N) is 1. The quantitative estimate of drug-likeness (QED) is 0.195. The molecule has 0 fully saturated rings. The van der Waals surface area contributed by atoms with Crippen LogP contribution in [0.3, 0.4) is 0 Å². The number of rotatable bonds is 15. The molecule has 0 heterocycles. The van der Waals surface area contributed by atoms with E-state index in [4.69, 9.17) is 10.8 Å². The fourth-order valence-electron chi connectivity index (χ4n) is 3.15. The summed E-state index contributed by atoms with van der Waals surface area (Å²) in [6.45, 7) is 2.89. The zero-order valence-electron chi connectivity index (χ0n) is 19.8. The van der Waals surface area contributed by atoms with Crippen molar-refractivity contribution in [1.82, 2.24) is 16.0 Å². The third-order valence-corrected chi connectivity index (χ3v) is 6.11. The molecule has 3 amide bonds. The number of benzene rings is 1. The van der Waals surface area contributed by atoms with Gasteiger partial charge in [0.05, 0.1) is 12.6 Å². The third kappa shape index (κ3) is 9.70. The average Bonchev–Trinajstić information content (AvgIpc) is 2.82. The molecule has 0 spiro atoms. The molecule has 0 radical (unpaired) electrons. The molecule has 1 aromatic rings. The van der Waals surface area contributed by atoms with E-state index in [1.165, 1.54) is 11.8 Å². The van der Waals surface area contributed by atoms with E-state index in [1.54, 1.807) is 6.92 Å². The van der Waals surface area contributed by atoms with E-state index >= 15 is 0 Å². The molecule has 1 aromatic carbocycles. The molecular weight excluding hydrogens is 460 g/mol. The van der Waals surface area contributed by atoms with Crippen LogP contribution in [0.4, 0.5) is 0 Å². The summed E-state index contributed by atoms with van der Waals surface area (Å²) in [7, 11) is 0. The SMILES string of the molecule is CCC(C)C(NC(=O)C(N)Cc1ccccc1)C(=O)NC(CCSC)C(=O)NC(CO)C(=O)O. The molecule has 1 rings (SSSR count). The van der Waals surface area contributed by atoms with Gasteiger partial charge >= 0.3 is 5.97 Å². The largest absolute Gasteiger partial charge is 0.480 e. The minimum atomic E-state index is -1.48. The van der Waals surface area contributed by atoms with Crippen LogP contribution in [-0.4, -0.2) is 76.7 Å². The van der Waals surface area contributed by atoms with Crippen molar-refractivity contribution in [2.24, 2.45) is 11.7 Å². The second kappa shape index (κ2) is 15.3. The van der Waals surface area contributed by atoms with Gasteiger partial charge in [0.1, 0.15) is 18.1 Å². The first-order valence-corrected chi connectivity index (χ1v) is 12.6. The Balaban J connectivity index is 2.93. The fraction of sp³-hybridized carbons (Fsp3) is 0.565. The maximum atomic E-state index is 13.1. The van der Waals surface area contributed by atoms with E-state index in [9.17, 15) is 24.3 Å². The molecule has 0 saturated heterocycles. The van der Waals surface area contributed by atoms with Crippen LogP contribution in [-0.2, 0) is 25.6 Å². The molecule has 0 aliphatic heterocycles. The summed E-state index contributed by atoms with van der Waals surface area (Å²) in [4.78, 5) is 49.6. The molecule has 0 bridgehead atoms. The first-order chi connectivity index (χ1) is 16.1. The maximum absolute atomic E-state index is 13.1. The van der Waals surface area contributed by atoms with Gasteiger partial charge in [-0.2, -0.15) is 11.8 Å². The minimum Gasteiger partial charge on any atom is -0.480 e. The van der Waals surface area contributed by atoms with Crippen molar-refractivity contribution in [3.05, 3.63) is 35.9 Å². The zero-order chi connectivity index (χ0) is 25.7. The molecule has 7 N–H and O–H groups in total. The highest BCUT2D eigenvalue weighted by molar-refractivity contribution is 7.98. The number of nitrogens with one attached hydrogen (secondary N) is 3. The van der Waals surface area contributed by atoms with Crippen molar-refractivity contribution in [2.75, 3.05) is 18.6 Å². The third-order valence-electron chi connectivity index (χ3n) is 5.47. The number of aliphatic hydroxyl groups is 1. The van der Waals surface area contributed by atoms with Gasteiger partial charge in [0.15, 0.2) is 0 Å². The number of carbonyl (C=O) groups excluding carboxylic acids is 3. The van der Waals surface area contributed by atoms with E-state index in [0.29, 0.717) is 18.6 Å². The summed E-state index contributed by atoms with van der Waals surface area (Å²) in [6.07, 6.45) is 2.96. The van der Waals surface area contributed by atoms with Crippen molar-refractivity contribution in [3.8, 4) is 0 Å². The summed E-state index contributed by atoms with van der Waals surface area (Å²) in [6, 6.07) is 4.96. The molecule has 34 heavy (non-hydrogen) atoms. The number of amides is 3. The Morgan fingerprint density at radius 2 is 1.62 bits per heavy atom. The van der Waals surface area contributed by atoms with Gasteiger partial charge in [-0.15, -0.1) is 0 Å². The van der Waals surface area contributed by atoms with Gasteiger partial charge in [-0.3, -0.25) is 14.4 Å². The summed E-state index contributed by atoms with van der Waals surface area (Å²) in [5, 5.41) is 25.8. The number of carboxylic acids is 1. The molecule has 5 unspecified atom stereocenters. The molecule has 0 aliphatic carbocycles. The van der Waals surface area contributed by atoms with Crippen LogP contribution in [0.15, 0.2) is 30.3 Å². The van der Waals surface area contributed by atoms with Gasteiger partial charge in [0.25, 0.3) is 0 Å². The summed E-state index contributed by atoms with van der Waals surface area (Å²) in [5.74, 6) is -2.88. The Kier molecular flexibility index (Phi) is 13.2. The van der Waals surface area contributed by atoms with Crippen molar-refractivity contribution in [2.45, 2.75) is 57.3 Å². The lowest BCUT2D eigenvalue weighted by atomic mass is 9.96. The lowest BCUT2D eigenvalue weighted by Crippen LogP contribution is -2.59. The smallest absolute Gasteiger partial charge is 0.328 e. The fourth-order valence-corrected chi connectivity index (χ4v) is 3.62. The number of carbonyl (C=O) groups is 4. The molecular formula is C23H36N4O6S. The highest BCUT2D eigenvalue weighted by Crippen LogP contribution is 2.11. The summed E-state index contributed by atoms with van der Waals surface area (Å²) >= 11 is 1.46. The first-order valence-electron chi connectivity index (χ1n) is 11.2. The van der Waals surface area contributed by atoms with Crippen LogP contribution in [0.25, 0.3) is 0 Å². The highest BCUT2D eigenvalue weighted by Gasteiger charge is 2.32. The number of hydrogen-bond donors (Lipinski definition) is 6. The van der Waals surface area contributed by atoms with Crippen molar-refractivity contribution in [1.29, 1.82) is 0 Å². The van der Waals surface area contributed by atoms with Gasteiger partial charge in [-0.1, -0.05) is 50.6 Å². The number of thioether (sulfide) groups is 1. The van der Waals surface area contributed by atoms with Crippen LogP contribution in [0.5, 0.6) is 0 Å². The summed E-state index contributed by atoms with van der Waals surface area (Å²) < 4.78 is 0. The summed E-state index contributed by atoms with van der Waals surface area (Å²) in [5.41, 5.74) is 6.95. The van der Waals surface area contributed by atoms with Gasteiger partial charge in [0.2, 0.25) is 17.7 Å². The van der Waals surface area contributed by atoms with E-state index in [1.807, 2.05) is 43.5 Å². The number of hydrogen-bond acceptors (Lipinski definition) is 7. The number of carboxylic acid groups (broad SMARTS) is 1. The van der Waals surface area contributed by atoms with Crippen LogP contribution < -0.4 is 21.7 Å². The second-order valence-electron chi connectivity index (χ2n) is 8.09. The lowest BCUT2D eigenvalue weighted by molar-refractivity contribution is -0.143. The standard InChI is InChI=1S/C23H36N4O6S/c1-4-14(2)19(27-20(29)16(24)12-15-8-6-5-7-9-15)22(31)25-17(10-11-34-3)21(30)26-18(13-28)23(32)33/h5-9,14,16-19,28H,4,10-13,24H2,1-3H3,(H,25,31)(H,26,30)(H,27,29)(H,32,33). The average molecular weight is 497 g/mol. The maximum Gasteiger partial charge on any atom is 0.328 e. The van der Waals surface area contributed by atoms with Gasteiger partial charge in [-0.25, -0.2) is 4.79 Å². The highest BCUT2D eigenvalue weighted by atomic mass is 32.2. The van der Waals surface area contributed by atoms with Gasteiger partial charge in [-0.05, 0) is 36.3 Å². The molecule has 11 heteroatoms. The van der Waals surface area contributed by atoms with Gasteiger partial charge < -0.3 is 31.9 Å². The molecule has 190 valence electrons. The predicted octanol–water partition coefficient (Wildman–Crippen LogP) is -0.113. The van der Waals surface area contributed by atoms with Crippen molar-refractivity contribution in [3.63, 3.8) is 0 Å². The Morgan fingerprint density at radius 3 is 2.15 bits per heavy atom. The Morgan fingerprint density at radius 1 is 1.00 bits per heavy atom. The lowest BCUT2D eigenvalue weighted by Gasteiger charge is -2.28. The van der Waals surface area contributed by atoms with E-state index in [0.717, 1.165) is 5.56 Å². The van der Waals surface area contributed by atoms with E-state index in [2.05, 4.69) is 16.0 Å². The molecule has 0 saturated carbocycles. The molecule has 0 aromatic heterocycles. The second-order valence-corrected chi connectivity index (χ2v) is 9.08. The van der Waals surface area contributed by atoms with E-state index < -0.39 is 54.5 Å². The van der Waals surface area contributed by atoms with Crippen LogP contribution in [0, 0.1) is 5.92 Å². The zero-order valence-corrected chi connectivity index (χ0v) is 20.6. The number of aliphatic hydroxyl groups excluding tert-OH is 1. The van der Waals surface area contributed by atoms with E-state index in [-0.39, 0.29) is 12.3 Å². The topological polar surface area (TPSA) is 171 Å². The van der Waals surface area contributed by atoms with Crippen LogP contribution >= 0.6 is 11.8 Å². The Labute approximate surface area is 204 Å². The molecule has 10 nitrogen and oxygen atoms in total. The minimum absolute atomic E-state index is 0.241. The Hall–Kier alpha value is -2.63. The Bertz CT molecular complexity index is 810. The number of aliphatic carboxylic acids is 1. The predicted molar refractivity (Wildman–Crippen MR) is 131 cm³/mol. The van der Waals surface area contributed by atoms with Crippen LogP contribution in [0.2, 0.25) is 0 Å². The van der Waals surface area contributed by atoms with Crippen molar-refractivity contribution >= 4 is 35.5 Å². The monoisotopic (exact) mass is 496 g/mol. The first kappa shape index (κ1) is 29.4. The van der Waals surface area contributed by atoms with Gasteiger partial charge in [0, 0.05) is 0 Å². The molecule has 5 atom stereocenters. The normalized spacial score (nSPS) is 15.3. The van der Waals surface area contributed by atoms with Crippen LogP contribution in [0.1, 0.15) is 32.3 Å². The molecule has 0 aliphatic rings.